The normalized spacial score (nSPS) is 20.3. The van der Waals surface area contributed by atoms with Crippen LogP contribution >= 0.6 is 11.3 Å². The van der Waals surface area contributed by atoms with Crippen LogP contribution in [0.5, 0.6) is 5.75 Å². The molecule has 9 nitrogen and oxygen atoms in total. The lowest BCUT2D eigenvalue weighted by Gasteiger charge is -2.31. The van der Waals surface area contributed by atoms with Crippen LogP contribution in [0.3, 0.4) is 0 Å². The number of aromatic hydroxyl groups is 1. The maximum atomic E-state index is 12.7. The molecule has 2 amide bonds. The molecular formula is C20H22N4O5S. The summed E-state index contributed by atoms with van der Waals surface area (Å²) >= 11 is 1.60. The van der Waals surface area contributed by atoms with Gasteiger partial charge in [0.25, 0.3) is 11.8 Å². The Morgan fingerprint density at radius 3 is 3.00 bits per heavy atom. The summed E-state index contributed by atoms with van der Waals surface area (Å²) in [5.41, 5.74) is -0.0240. The van der Waals surface area contributed by atoms with Gasteiger partial charge in [-0.25, -0.2) is 4.98 Å². The van der Waals surface area contributed by atoms with Gasteiger partial charge in [-0.15, -0.1) is 11.3 Å². The summed E-state index contributed by atoms with van der Waals surface area (Å²) in [6.45, 7) is 1.30. The highest BCUT2D eigenvalue weighted by Gasteiger charge is 2.39. The molecule has 10 heteroatoms. The molecule has 1 atom stereocenters. The van der Waals surface area contributed by atoms with Crippen LogP contribution in [0.1, 0.15) is 55.7 Å². The molecular weight excluding hydrogens is 408 g/mol. The Balaban J connectivity index is 1.37. The molecule has 0 saturated carbocycles. The Morgan fingerprint density at radius 2 is 2.13 bits per heavy atom. The minimum absolute atomic E-state index is 0.0954. The molecule has 1 unspecified atom stereocenters. The van der Waals surface area contributed by atoms with Crippen molar-refractivity contribution in [3.8, 4) is 5.75 Å². The number of hydrogen-bond acceptors (Lipinski definition) is 7. The standard InChI is InChI=1S/C20H22N4O5S/c25-17-11(9-23-10-15-24(6-7-29-15)20(28)16(23)18(17)26)19(27)21-8-14-22-12-4-2-1-3-5-13(12)30-14/h9,15,26H,1-8,10H2,(H,21,27). The molecule has 158 valence electrons. The van der Waals surface area contributed by atoms with E-state index in [1.807, 2.05) is 0 Å². The third-order valence-electron chi connectivity index (χ3n) is 5.85. The Labute approximate surface area is 176 Å². The predicted octanol–water partition coefficient (Wildman–Crippen LogP) is 1.02. The van der Waals surface area contributed by atoms with Crippen LogP contribution in [-0.2, 0) is 30.7 Å². The molecule has 1 saturated heterocycles. The quantitative estimate of drug-likeness (QED) is 0.703. The summed E-state index contributed by atoms with van der Waals surface area (Å²) in [6, 6.07) is 0. The molecule has 1 aliphatic carbocycles. The van der Waals surface area contributed by atoms with Crippen LogP contribution in [0, 0.1) is 0 Å². The molecule has 2 aromatic heterocycles. The zero-order valence-corrected chi connectivity index (χ0v) is 17.2. The highest BCUT2D eigenvalue weighted by atomic mass is 32.1. The van der Waals surface area contributed by atoms with E-state index in [0.717, 1.165) is 36.4 Å². The molecule has 2 aromatic rings. The molecule has 5 rings (SSSR count). The van der Waals surface area contributed by atoms with E-state index in [4.69, 9.17) is 4.74 Å². The largest absolute Gasteiger partial charge is 0.503 e. The molecule has 0 spiro atoms. The Morgan fingerprint density at radius 1 is 1.30 bits per heavy atom. The van der Waals surface area contributed by atoms with Crippen molar-refractivity contribution < 1.29 is 19.4 Å². The maximum Gasteiger partial charge on any atom is 0.276 e. The Kier molecular flexibility index (Phi) is 4.82. The Hall–Kier alpha value is -2.72. The van der Waals surface area contributed by atoms with Gasteiger partial charge in [-0.1, -0.05) is 6.42 Å². The Bertz CT molecular complexity index is 1070. The summed E-state index contributed by atoms with van der Waals surface area (Å²) in [5, 5.41) is 13.9. The fraction of sp³-hybridized carbons (Fsp3) is 0.500. The molecule has 0 aromatic carbocycles. The van der Waals surface area contributed by atoms with Gasteiger partial charge in [-0.3, -0.25) is 14.4 Å². The van der Waals surface area contributed by atoms with Crippen molar-refractivity contribution in [2.24, 2.45) is 0 Å². The van der Waals surface area contributed by atoms with E-state index in [-0.39, 0.29) is 24.3 Å². The van der Waals surface area contributed by atoms with Gasteiger partial charge >= 0.3 is 0 Å². The molecule has 2 N–H and O–H groups in total. The minimum atomic E-state index is -0.847. The number of pyridine rings is 1. The summed E-state index contributed by atoms with van der Waals surface area (Å²) < 4.78 is 6.96. The lowest BCUT2D eigenvalue weighted by molar-refractivity contribution is 0.00845. The number of fused-ring (bicyclic) bond motifs is 3. The van der Waals surface area contributed by atoms with Crippen molar-refractivity contribution >= 4 is 23.2 Å². The summed E-state index contributed by atoms with van der Waals surface area (Å²) in [6.07, 6.45) is 6.38. The van der Waals surface area contributed by atoms with Gasteiger partial charge in [0, 0.05) is 17.6 Å². The van der Waals surface area contributed by atoms with Crippen LogP contribution in [0.15, 0.2) is 11.0 Å². The maximum absolute atomic E-state index is 12.7. The number of aryl methyl sites for hydroxylation is 2. The number of nitrogens with one attached hydrogen (secondary N) is 1. The van der Waals surface area contributed by atoms with Gasteiger partial charge in [0.2, 0.25) is 5.43 Å². The third kappa shape index (κ3) is 3.20. The average Bonchev–Trinajstić information content (AvgIpc) is 3.30. The number of amides is 2. The SMILES string of the molecule is O=C(NCc1nc2c(s1)CCCCC2)c1cn2c(c(O)c1=O)C(=O)N1CCOC1C2. The summed E-state index contributed by atoms with van der Waals surface area (Å²) in [5.74, 6) is -1.76. The number of carbonyl (C=O) groups is 2. The van der Waals surface area contributed by atoms with Gasteiger partial charge < -0.3 is 24.6 Å². The van der Waals surface area contributed by atoms with E-state index >= 15 is 0 Å². The van der Waals surface area contributed by atoms with Crippen molar-refractivity contribution in [2.75, 3.05) is 13.2 Å². The first-order valence-electron chi connectivity index (χ1n) is 10.2. The lowest BCUT2D eigenvalue weighted by Crippen LogP contribution is -2.46. The number of thiazole rings is 1. The molecule has 2 aliphatic heterocycles. The van der Waals surface area contributed by atoms with E-state index < -0.39 is 29.2 Å². The van der Waals surface area contributed by atoms with Crippen molar-refractivity contribution in [3.05, 3.63) is 43.3 Å². The fourth-order valence-corrected chi connectivity index (χ4v) is 5.39. The number of nitrogens with zero attached hydrogens (tertiary/aromatic N) is 3. The highest BCUT2D eigenvalue weighted by Crippen LogP contribution is 2.27. The lowest BCUT2D eigenvalue weighted by atomic mass is 10.1. The number of aromatic nitrogens is 2. The van der Waals surface area contributed by atoms with Crippen LogP contribution in [0.25, 0.3) is 0 Å². The van der Waals surface area contributed by atoms with Gasteiger partial charge in [-0.05, 0) is 25.7 Å². The van der Waals surface area contributed by atoms with E-state index in [1.165, 1.54) is 27.0 Å². The first-order valence-corrected chi connectivity index (χ1v) is 11.0. The van der Waals surface area contributed by atoms with E-state index in [0.29, 0.717) is 13.2 Å². The minimum Gasteiger partial charge on any atom is -0.503 e. The molecule has 0 radical (unpaired) electrons. The van der Waals surface area contributed by atoms with E-state index in [2.05, 4.69) is 10.3 Å². The highest BCUT2D eigenvalue weighted by molar-refractivity contribution is 7.11. The smallest absolute Gasteiger partial charge is 0.276 e. The number of hydrogen-bond donors (Lipinski definition) is 2. The van der Waals surface area contributed by atoms with Gasteiger partial charge in [0.15, 0.2) is 17.7 Å². The molecule has 1 fully saturated rings. The van der Waals surface area contributed by atoms with Gasteiger partial charge in [-0.2, -0.15) is 0 Å². The van der Waals surface area contributed by atoms with Crippen molar-refractivity contribution in [1.29, 1.82) is 0 Å². The topological polar surface area (TPSA) is 114 Å². The fourth-order valence-electron chi connectivity index (χ4n) is 4.30. The van der Waals surface area contributed by atoms with Crippen LogP contribution < -0.4 is 10.7 Å². The second-order valence-corrected chi connectivity index (χ2v) is 8.93. The first kappa shape index (κ1) is 19.3. The number of ether oxygens (including phenoxy) is 1. The average molecular weight is 430 g/mol. The predicted molar refractivity (Wildman–Crippen MR) is 108 cm³/mol. The van der Waals surface area contributed by atoms with Crippen molar-refractivity contribution in [1.82, 2.24) is 19.8 Å². The van der Waals surface area contributed by atoms with Crippen molar-refractivity contribution in [3.63, 3.8) is 0 Å². The number of carbonyl (C=O) groups excluding carboxylic acids is 2. The number of rotatable bonds is 3. The van der Waals surface area contributed by atoms with Crippen LogP contribution in [0.4, 0.5) is 0 Å². The third-order valence-corrected chi connectivity index (χ3v) is 7.00. The van der Waals surface area contributed by atoms with Crippen molar-refractivity contribution in [2.45, 2.75) is 51.4 Å². The molecule has 0 bridgehead atoms. The van der Waals surface area contributed by atoms with Crippen LogP contribution in [-0.4, -0.2) is 50.8 Å². The molecule has 30 heavy (non-hydrogen) atoms. The summed E-state index contributed by atoms with van der Waals surface area (Å²) in [7, 11) is 0. The van der Waals surface area contributed by atoms with Gasteiger partial charge in [0.1, 0.15) is 10.6 Å². The first-order chi connectivity index (χ1) is 14.5. The zero-order valence-electron chi connectivity index (χ0n) is 16.3. The molecule has 3 aliphatic rings. The molecule has 4 heterocycles. The monoisotopic (exact) mass is 430 g/mol. The van der Waals surface area contributed by atoms with E-state index in [1.54, 1.807) is 11.3 Å². The van der Waals surface area contributed by atoms with E-state index in [9.17, 15) is 19.5 Å². The second kappa shape index (κ2) is 7.51. The van der Waals surface area contributed by atoms with Gasteiger partial charge in [0.05, 0.1) is 25.4 Å². The van der Waals surface area contributed by atoms with Crippen LogP contribution in [0.2, 0.25) is 0 Å². The summed E-state index contributed by atoms with van der Waals surface area (Å²) in [4.78, 5) is 45.3. The second-order valence-electron chi connectivity index (χ2n) is 7.77. The zero-order chi connectivity index (χ0) is 20.8.